The Morgan fingerprint density at radius 2 is 1.77 bits per heavy atom. The number of nitrogens with one attached hydrogen (secondary N) is 1. The highest BCUT2D eigenvalue weighted by molar-refractivity contribution is 9.10. The van der Waals surface area contributed by atoms with Gasteiger partial charge in [0.2, 0.25) is 5.91 Å². The molecule has 3 rings (SSSR count). The number of nitrogens with zero attached hydrogens (tertiary/aromatic N) is 1. The van der Waals surface area contributed by atoms with Crippen LogP contribution in [0, 0.1) is 0 Å². The summed E-state index contributed by atoms with van der Waals surface area (Å²) in [7, 11) is 0. The van der Waals surface area contributed by atoms with Crippen LogP contribution in [-0.2, 0) is 4.79 Å². The molecule has 5 heteroatoms. The number of benzene rings is 2. The van der Waals surface area contributed by atoms with Gasteiger partial charge in [0, 0.05) is 28.7 Å². The van der Waals surface area contributed by atoms with E-state index >= 15 is 0 Å². The minimum Gasteiger partial charge on any atom is -0.347 e. The molecule has 4 nitrogen and oxygen atoms in total. The van der Waals surface area contributed by atoms with Gasteiger partial charge in [-0.1, -0.05) is 34.1 Å². The molecule has 2 amide bonds. The Bertz CT molecular complexity index is 686. The monoisotopic (exact) mass is 358 g/mol. The van der Waals surface area contributed by atoms with Crippen LogP contribution in [0.1, 0.15) is 16.8 Å². The maximum absolute atomic E-state index is 12.2. The summed E-state index contributed by atoms with van der Waals surface area (Å²) in [5.74, 6) is -0.118. The van der Waals surface area contributed by atoms with E-state index in [1.807, 2.05) is 42.5 Å². The van der Waals surface area contributed by atoms with E-state index < -0.39 is 0 Å². The van der Waals surface area contributed by atoms with Gasteiger partial charge in [-0.3, -0.25) is 9.59 Å². The number of hydrogen-bond donors (Lipinski definition) is 1. The van der Waals surface area contributed by atoms with Crippen molar-refractivity contribution in [3.8, 4) is 0 Å². The highest BCUT2D eigenvalue weighted by Gasteiger charge is 2.31. The largest absolute Gasteiger partial charge is 0.347 e. The van der Waals surface area contributed by atoms with Crippen LogP contribution in [0.2, 0.25) is 0 Å². The highest BCUT2D eigenvalue weighted by atomic mass is 79.9. The van der Waals surface area contributed by atoms with E-state index in [0.717, 1.165) is 10.2 Å². The highest BCUT2D eigenvalue weighted by Crippen LogP contribution is 2.21. The second-order valence-corrected chi connectivity index (χ2v) is 6.14. The predicted octanol–water partition coefficient (Wildman–Crippen LogP) is 2.98. The third-order valence-electron chi connectivity index (χ3n) is 3.63. The van der Waals surface area contributed by atoms with Gasteiger partial charge in [0.1, 0.15) is 0 Å². The van der Waals surface area contributed by atoms with Gasteiger partial charge in [-0.2, -0.15) is 0 Å². The molecule has 2 aromatic rings. The molecule has 1 fully saturated rings. The van der Waals surface area contributed by atoms with Crippen molar-refractivity contribution in [3.63, 3.8) is 0 Å². The summed E-state index contributed by atoms with van der Waals surface area (Å²) >= 11 is 3.34. The first-order chi connectivity index (χ1) is 10.6. The lowest BCUT2D eigenvalue weighted by atomic mass is 10.2. The van der Waals surface area contributed by atoms with Crippen LogP contribution in [0.3, 0.4) is 0 Å². The maximum atomic E-state index is 12.2. The number of amides is 2. The van der Waals surface area contributed by atoms with Gasteiger partial charge in [-0.05, 0) is 36.4 Å². The van der Waals surface area contributed by atoms with Gasteiger partial charge in [0.05, 0.1) is 6.04 Å². The molecule has 0 unspecified atom stereocenters. The van der Waals surface area contributed by atoms with Crippen LogP contribution < -0.4 is 10.2 Å². The van der Waals surface area contributed by atoms with Gasteiger partial charge >= 0.3 is 0 Å². The lowest BCUT2D eigenvalue weighted by molar-refractivity contribution is -0.117. The molecular formula is C17H15BrN2O2. The van der Waals surface area contributed by atoms with E-state index in [-0.39, 0.29) is 17.9 Å². The zero-order valence-corrected chi connectivity index (χ0v) is 13.4. The standard InChI is InChI=1S/C17H15BrN2O2/c18-13-8-6-12(7-9-13)17(22)19-14-10-16(21)20(11-14)15-4-2-1-3-5-15/h1-9,14H,10-11H2,(H,19,22)/t14-/m1/s1. The molecule has 1 saturated heterocycles. The summed E-state index contributed by atoms with van der Waals surface area (Å²) in [6, 6.07) is 16.5. The molecule has 2 aromatic carbocycles. The lowest BCUT2D eigenvalue weighted by Gasteiger charge is -2.17. The zero-order chi connectivity index (χ0) is 15.5. The molecule has 0 aliphatic carbocycles. The van der Waals surface area contributed by atoms with E-state index in [9.17, 15) is 9.59 Å². The van der Waals surface area contributed by atoms with Gasteiger partial charge < -0.3 is 10.2 Å². The minimum absolute atomic E-state index is 0.0345. The molecule has 1 heterocycles. The summed E-state index contributed by atoms with van der Waals surface area (Å²) < 4.78 is 0.926. The van der Waals surface area contributed by atoms with Crippen molar-refractivity contribution in [3.05, 3.63) is 64.6 Å². The first-order valence-electron chi connectivity index (χ1n) is 7.05. The molecule has 0 saturated carbocycles. The molecule has 1 aliphatic heterocycles. The Labute approximate surface area is 137 Å². The molecular weight excluding hydrogens is 344 g/mol. The number of rotatable bonds is 3. The van der Waals surface area contributed by atoms with E-state index in [2.05, 4.69) is 21.2 Å². The minimum atomic E-state index is -0.163. The van der Waals surface area contributed by atoms with Gasteiger partial charge in [0.25, 0.3) is 5.91 Å². The number of carbonyl (C=O) groups is 2. The predicted molar refractivity (Wildman–Crippen MR) is 88.8 cm³/mol. The Kier molecular flexibility index (Phi) is 4.24. The van der Waals surface area contributed by atoms with Crippen molar-refractivity contribution >= 4 is 33.4 Å². The Hall–Kier alpha value is -2.14. The first kappa shape index (κ1) is 14.8. The van der Waals surface area contributed by atoms with Crippen molar-refractivity contribution in [2.24, 2.45) is 0 Å². The summed E-state index contributed by atoms with van der Waals surface area (Å²) in [4.78, 5) is 26.0. The van der Waals surface area contributed by atoms with E-state index in [0.29, 0.717) is 18.5 Å². The van der Waals surface area contributed by atoms with Gasteiger partial charge in [-0.25, -0.2) is 0 Å². The fourth-order valence-corrected chi connectivity index (χ4v) is 2.80. The smallest absolute Gasteiger partial charge is 0.251 e. The van der Waals surface area contributed by atoms with E-state index in [1.54, 1.807) is 17.0 Å². The van der Waals surface area contributed by atoms with E-state index in [1.165, 1.54) is 0 Å². The third-order valence-corrected chi connectivity index (χ3v) is 4.16. The molecule has 0 spiro atoms. The van der Waals surface area contributed by atoms with Crippen molar-refractivity contribution in [1.82, 2.24) is 5.32 Å². The molecule has 0 bridgehead atoms. The maximum Gasteiger partial charge on any atom is 0.251 e. The van der Waals surface area contributed by atoms with Gasteiger partial charge in [0.15, 0.2) is 0 Å². The first-order valence-corrected chi connectivity index (χ1v) is 7.84. The summed E-state index contributed by atoms with van der Waals surface area (Å²) in [6.07, 6.45) is 0.331. The molecule has 1 aliphatic rings. The average molecular weight is 359 g/mol. The van der Waals surface area contributed by atoms with Crippen molar-refractivity contribution < 1.29 is 9.59 Å². The van der Waals surface area contributed by atoms with Crippen LogP contribution in [0.15, 0.2) is 59.1 Å². The second kappa shape index (κ2) is 6.32. The normalized spacial score (nSPS) is 17.6. The topological polar surface area (TPSA) is 49.4 Å². The Morgan fingerprint density at radius 3 is 2.45 bits per heavy atom. The SMILES string of the molecule is O=C(N[C@@H]1CC(=O)N(c2ccccc2)C1)c1ccc(Br)cc1. The average Bonchev–Trinajstić information content (AvgIpc) is 2.89. The quantitative estimate of drug-likeness (QED) is 0.916. The molecule has 0 aromatic heterocycles. The number of halogens is 1. The van der Waals surface area contributed by atoms with Crippen LogP contribution in [-0.4, -0.2) is 24.4 Å². The summed E-state index contributed by atoms with van der Waals surface area (Å²) in [5, 5.41) is 2.93. The molecule has 22 heavy (non-hydrogen) atoms. The summed E-state index contributed by atoms with van der Waals surface area (Å²) in [6.45, 7) is 0.505. The Balaban J connectivity index is 1.66. The van der Waals surface area contributed by atoms with Crippen LogP contribution in [0.25, 0.3) is 0 Å². The fourth-order valence-electron chi connectivity index (χ4n) is 2.53. The van der Waals surface area contributed by atoms with Crippen molar-refractivity contribution in [2.75, 3.05) is 11.4 Å². The summed E-state index contributed by atoms with van der Waals surface area (Å²) in [5.41, 5.74) is 1.46. The van der Waals surface area contributed by atoms with E-state index in [4.69, 9.17) is 0 Å². The second-order valence-electron chi connectivity index (χ2n) is 5.22. The van der Waals surface area contributed by atoms with Gasteiger partial charge in [-0.15, -0.1) is 0 Å². The zero-order valence-electron chi connectivity index (χ0n) is 11.8. The van der Waals surface area contributed by atoms with Crippen molar-refractivity contribution in [1.29, 1.82) is 0 Å². The molecule has 0 radical (unpaired) electrons. The fraction of sp³-hybridized carbons (Fsp3) is 0.176. The molecule has 1 N–H and O–H groups in total. The third kappa shape index (κ3) is 3.20. The molecule has 1 atom stereocenters. The number of para-hydroxylation sites is 1. The number of anilines is 1. The van der Waals surface area contributed by atoms with Crippen LogP contribution in [0.5, 0.6) is 0 Å². The number of hydrogen-bond acceptors (Lipinski definition) is 2. The van der Waals surface area contributed by atoms with Crippen molar-refractivity contribution in [2.45, 2.75) is 12.5 Å². The molecule has 112 valence electrons. The lowest BCUT2D eigenvalue weighted by Crippen LogP contribution is -2.37. The van der Waals surface area contributed by atoms with Crippen LogP contribution in [0.4, 0.5) is 5.69 Å². The van der Waals surface area contributed by atoms with Crippen LogP contribution >= 0.6 is 15.9 Å². The number of carbonyl (C=O) groups excluding carboxylic acids is 2. The Morgan fingerprint density at radius 1 is 1.09 bits per heavy atom.